The van der Waals surface area contributed by atoms with Gasteiger partial charge in [-0.25, -0.2) is 10.0 Å². The summed E-state index contributed by atoms with van der Waals surface area (Å²) in [5.74, 6) is 1.34. The van der Waals surface area contributed by atoms with Gasteiger partial charge in [-0.15, -0.1) is 33.7 Å². The fourth-order valence-electron chi connectivity index (χ4n) is 4.89. The lowest BCUT2D eigenvalue weighted by Crippen LogP contribution is -2.45. The Morgan fingerprint density at radius 3 is 1.45 bits per heavy atom. The van der Waals surface area contributed by atoms with Gasteiger partial charge in [0.15, 0.2) is 11.6 Å². The molecule has 1 aromatic heterocycles. The van der Waals surface area contributed by atoms with Gasteiger partial charge in [-0.3, -0.25) is 20.4 Å². The summed E-state index contributed by atoms with van der Waals surface area (Å²) in [7, 11) is 0. The van der Waals surface area contributed by atoms with E-state index in [1.165, 1.54) is 23.5 Å². The molecule has 0 saturated carbocycles. The van der Waals surface area contributed by atoms with Crippen LogP contribution in [0, 0.1) is 0 Å². The maximum atomic E-state index is 13.0. The van der Waals surface area contributed by atoms with Gasteiger partial charge in [0.05, 0.1) is 11.5 Å². The van der Waals surface area contributed by atoms with Crippen molar-refractivity contribution in [2.24, 2.45) is 0 Å². The van der Waals surface area contributed by atoms with Gasteiger partial charge in [0.2, 0.25) is 0 Å². The van der Waals surface area contributed by atoms with Crippen LogP contribution >= 0.6 is 46.7 Å². The Labute approximate surface area is 273 Å². The number of carbonyl (C=O) groups is 2. The second-order valence-corrected chi connectivity index (χ2v) is 14.3. The quantitative estimate of drug-likeness (QED) is 0.199. The highest BCUT2D eigenvalue weighted by Crippen LogP contribution is 2.41. The van der Waals surface area contributed by atoms with Crippen molar-refractivity contribution < 1.29 is 9.59 Å². The summed E-state index contributed by atoms with van der Waals surface area (Å²) in [5.41, 5.74) is 8.43. The fourth-order valence-corrected chi connectivity index (χ4v) is 7.11. The molecule has 0 bridgehead atoms. The van der Waals surface area contributed by atoms with Crippen molar-refractivity contribution in [2.45, 2.75) is 23.6 Å². The first-order valence-corrected chi connectivity index (χ1v) is 16.5. The van der Waals surface area contributed by atoms with Crippen LogP contribution in [0.2, 0.25) is 10.0 Å². The lowest BCUT2D eigenvalue weighted by atomic mass is 10.1. The van der Waals surface area contributed by atoms with Crippen LogP contribution < -0.4 is 10.9 Å². The van der Waals surface area contributed by atoms with Crippen LogP contribution in [-0.2, 0) is 9.59 Å². The summed E-state index contributed by atoms with van der Waals surface area (Å²) < 4.78 is 0. The van der Waals surface area contributed by atoms with Crippen molar-refractivity contribution >= 4 is 93.1 Å². The molecule has 8 nitrogen and oxygen atoms in total. The zero-order valence-electron chi connectivity index (χ0n) is 23.8. The summed E-state index contributed by atoms with van der Waals surface area (Å²) in [5, 5.41) is 15.0. The minimum atomic E-state index is -0.673. The molecule has 3 aromatic carbocycles. The number of thioether (sulfide) groups is 2. The average molecular weight is 664 g/mol. The number of carbonyl (C=O) groups excluding carboxylic acids is 2. The predicted octanol–water partition coefficient (Wildman–Crippen LogP) is 7.60. The van der Waals surface area contributed by atoms with Crippen LogP contribution in [0.5, 0.6) is 0 Å². The Balaban J connectivity index is 1.26. The minimum absolute atomic E-state index is 0.0748. The van der Waals surface area contributed by atoms with E-state index in [1.54, 1.807) is 10.0 Å². The van der Waals surface area contributed by atoms with E-state index in [0.29, 0.717) is 33.2 Å². The number of anilines is 2. The van der Waals surface area contributed by atoms with Crippen LogP contribution in [0.1, 0.15) is 25.0 Å². The topological polar surface area (TPSA) is 90.5 Å². The molecule has 2 amide bonds. The lowest BCUT2D eigenvalue weighted by Gasteiger charge is -2.33. The third kappa shape index (κ3) is 6.25. The van der Waals surface area contributed by atoms with Gasteiger partial charge < -0.3 is 0 Å². The largest absolute Gasteiger partial charge is 0.276 e. The molecule has 2 unspecified atom stereocenters. The number of hydrogen-bond donors (Lipinski definition) is 2. The molecule has 2 saturated heterocycles. The van der Waals surface area contributed by atoms with E-state index in [0.717, 1.165) is 21.9 Å². The van der Waals surface area contributed by atoms with Crippen molar-refractivity contribution in [3.63, 3.8) is 0 Å². The Morgan fingerprint density at radius 1 is 0.682 bits per heavy atom. The summed E-state index contributed by atoms with van der Waals surface area (Å²) in [6, 6.07) is 22.6. The number of halogens is 2. The zero-order valence-corrected chi connectivity index (χ0v) is 27.0. The van der Waals surface area contributed by atoms with Gasteiger partial charge in [-0.2, -0.15) is 0 Å². The first kappa shape index (κ1) is 30.3. The number of fused-ring (bicyclic) bond motifs is 1. The van der Waals surface area contributed by atoms with E-state index in [1.807, 2.05) is 111 Å². The van der Waals surface area contributed by atoms with E-state index >= 15 is 0 Å². The number of nitrogens with one attached hydrogen (secondary N) is 2. The van der Waals surface area contributed by atoms with E-state index in [-0.39, 0.29) is 11.8 Å². The number of nitrogens with zero attached hydrogens (tertiary/aromatic N) is 4. The SMILES string of the molecule is CC1(/C=C/c2ccc(Cl)cc2)SCC(=O)N1Nc1nnc(NN2C(=O)CSC2(C)/C=C/c2ccc(Cl)cc2)c2ccccc12. The molecule has 224 valence electrons. The first-order chi connectivity index (χ1) is 21.1. The fraction of sp³-hybridized carbons (Fsp3) is 0.188. The van der Waals surface area contributed by atoms with E-state index in [2.05, 4.69) is 21.0 Å². The molecule has 44 heavy (non-hydrogen) atoms. The third-order valence-corrected chi connectivity index (χ3v) is 10.5. The van der Waals surface area contributed by atoms with Gasteiger partial charge in [0, 0.05) is 20.8 Å². The molecule has 6 rings (SSSR count). The van der Waals surface area contributed by atoms with Crippen molar-refractivity contribution in [3.05, 3.63) is 106 Å². The summed E-state index contributed by atoms with van der Waals surface area (Å²) in [6.07, 6.45) is 7.91. The molecule has 12 heteroatoms. The van der Waals surface area contributed by atoms with E-state index in [4.69, 9.17) is 23.2 Å². The smallest absolute Gasteiger partial charge is 0.252 e. The Bertz CT molecular complexity index is 1660. The molecular weight excluding hydrogens is 635 g/mol. The number of hydrazine groups is 2. The van der Waals surface area contributed by atoms with Crippen LogP contribution in [0.4, 0.5) is 11.6 Å². The monoisotopic (exact) mass is 662 g/mol. The number of benzene rings is 3. The second-order valence-electron chi connectivity index (χ2n) is 10.6. The molecule has 2 atom stereocenters. The summed E-state index contributed by atoms with van der Waals surface area (Å²) in [6.45, 7) is 3.95. The average Bonchev–Trinajstić information content (AvgIpc) is 3.47. The lowest BCUT2D eigenvalue weighted by molar-refractivity contribution is -0.128. The number of rotatable bonds is 8. The van der Waals surface area contributed by atoms with Gasteiger partial charge in [0.1, 0.15) is 9.74 Å². The summed E-state index contributed by atoms with van der Waals surface area (Å²) in [4.78, 5) is 24.7. The van der Waals surface area contributed by atoms with Crippen molar-refractivity contribution in [3.8, 4) is 0 Å². The van der Waals surface area contributed by atoms with Gasteiger partial charge in [0.25, 0.3) is 11.8 Å². The molecule has 2 fully saturated rings. The van der Waals surface area contributed by atoms with Crippen LogP contribution in [0.15, 0.2) is 84.9 Å². The first-order valence-electron chi connectivity index (χ1n) is 13.8. The van der Waals surface area contributed by atoms with E-state index < -0.39 is 9.74 Å². The molecule has 3 heterocycles. The molecular formula is C32H28Cl2N6O2S2. The maximum absolute atomic E-state index is 13.0. The predicted molar refractivity (Wildman–Crippen MR) is 183 cm³/mol. The normalized spacial score (nSPS) is 22.2. The van der Waals surface area contributed by atoms with Gasteiger partial charge in [-0.05, 0) is 61.4 Å². The molecule has 2 N–H and O–H groups in total. The summed E-state index contributed by atoms with van der Waals surface area (Å²) >= 11 is 15.1. The molecule has 0 radical (unpaired) electrons. The van der Waals surface area contributed by atoms with Crippen molar-refractivity contribution in [1.82, 2.24) is 20.2 Å². The molecule has 0 spiro atoms. The van der Waals surface area contributed by atoms with Crippen molar-refractivity contribution in [1.29, 1.82) is 0 Å². The third-order valence-electron chi connectivity index (χ3n) is 7.40. The molecule has 4 aromatic rings. The second kappa shape index (κ2) is 12.4. The highest BCUT2D eigenvalue weighted by atomic mass is 35.5. The standard InChI is InChI=1S/C32H28Cl2N6O2S2/c1-31(17-15-21-7-11-23(33)12-8-21)39(27(41)19-43-31)37-29-25-5-3-4-6-26(25)30(36-35-29)38-40-28(42)20-44-32(40,2)18-16-22-9-13-24(34)14-10-22/h3-18H,19-20H2,1-2H3,(H,35,37)(H,36,38)/b17-15+,18-16+. The zero-order chi connectivity index (χ0) is 30.9. The number of aromatic nitrogens is 2. The number of amides is 2. The van der Waals surface area contributed by atoms with Crippen LogP contribution in [0.25, 0.3) is 22.9 Å². The Hall–Kier alpha value is -3.70. The minimum Gasteiger partial charge on any atom is -0.276 e. The van der Waals surface area contributed by atoms with Crippen LogP contribution in [-0.4, -0.2) is 53.3 Å². The van der Waals surface area contributed by atoms with Crippen molar-refractivity contribution in [2.75, 3.05) is 22.4 Å². The maximum Gasteiger partial charge on any atom is 0.252 e. The van der Waals surface area contributed by atoms with Gasteiger partial charge in [-0.1, -0.05) is 83.9 Å². The highest BCUT2D eigenvalue weighted by molar-refractivity contribution is 8.02. The Kier molecular flexibility index (Phi) is 8.52. The number of hydrogen-bond acceptors (Lipinski definition) is 8. The Morgan fingerprint density at radius 2 is 1.07 bits per heavy atom. The molecule has 2 aliphatic rings. The van der Waals surface area contributed by atoms with Crippen LogP contribution in [0.3, 0.4) is 0 Å². The van der Waals surface area contributed by atoms with E-state index in [9.17, 15) is 9.59 Å². The molecule has 2 aliphatic heterocycles. The van der Waals surface area contributed by atoms with Gasteiger partial charge >= 0.3 is 0 Å². The molecule has 0 aliphatic carbocycles. The highest BCUT2D eigenvalue weighted by Gasteiger charge is 2.43.